The number of esters is 1. The number of pyridine rings is 2. The van der Waals surface area contributed by atoms with E-state index < -0.39 is 5.97 Å². The fourth-order valence-corrected chi connectivity index (χ4v) is 3.44. The zero-order valence-electron chi connectivity index (χ0n) is 16.0. The average molecular weight is 457 g/mol. The summed E-state index contributed by atoms with van der Waals surface area (Å²) in [6, 6.07) is 7.07. The Hall–Kier alpha value is -2.74. The third-order valence-electron chi connectivity index (χ3n) is 4.81. The molecule has 3 aromatic rings. The van der Waals surface area contributed by atoms with E-state index in [1.807, 2.05) is 13.0 Å². The molecule has 0 radical (unpaired) electrons. The standard InChI is InChI=1S/C21H21BrN4O3/c1-2-3-10-29-21(28)15-4-7-19(23-12-15)26(16-5-6-16)20(27)14-8-9-25-18(11-14)17(22)13-24-25/h4,7-9,11-13,16H,2-3,5-6,10H2,1H3. The summed E-state index contributed by atoms with van der Waals surface area (Å²) in [4.78, 5) is 31.4. The maximum absolute atomic E-state index is 13.2. The van der Waals surface area contributed by atoms with Gasteiger partial charge in [0.15, 0.2) is 0 Å². The van der Waals surface area contributed by atoms with Gasteiger partial charge in [-0.3, -0.25) is 9.69 Å². The van der Waals surface area contributed by atoms with Crippen molar-refractivity contribution in [1.82, 2.24) is 14.6 Å². The molecular formula is C21H21BrN4O3. The lowest BCUT2D eigenvalue weighted by Crippen LogP contribution is -2.33. The Morgan fingerprint density at radius 1 is 1.24 bits per heavy atom. The predicted octanol–water partition coefficient (Wildman–Crippen LogP) is 4.26. The number of fused-ring (bicyclic) bond motifs is 1. The Bertz CT molecular complexity index is 1040. The molecule has 0 atom stereocenters. The normalized spacial score (nSPS) is 13.4. The van der Waals surface area contributed by atoms with E-state index in [4.69, 9.17) is 4.74 Å². The Morgan fingerprint density at radius 2 is 2.07 bits per heavy atom. The third-order valence-corrected chi connectivity index (χ3v) is 5.42. The summed E-state index contributed by atoms with van der Waals surface area (Å²) < 4.78 is 7.75. The molecule has 3 aromatic heterocycles. The summed E-state index contributed by atoms with van der Waals surface area (Å²) in [5.74, 6) is 0.0294. The van der Waals surface area contributed by atoms with Crippen LogP contribution in [-0.4, -0.2) is 39.1 Å². The van der Waals surface area contributed by atoms with Gasteiger partial charge in [-0.1, -0.05) is 13.3 Å². The van der Waals surface area contributed by atoms with Crippen molar-refractivity contribution in [3.05, 3.63) is 58.5 Å². The van der Waals surface area contributed by atoms with Gasteiger partial charge >= 0.3 is 5.97 Å². The van der Waals surface area contributed by atoms with Crippen molar-refractivity contribution in [3.63, 3.8) is 0 Å². The van der Waals surface area contributed by atoms with E-state index in [-0.39, 0.29) is 11.9 Å². The quantitative estimate of drug-likeness (QED) is 0.392. The molecular weight excluding hydrogens is 436 g/mol. The molecule has 0 bridgehead atoms. The number of hydrogen-bond acceptors (Lipinski definition) is 5. The van der Waals surface area contributed by atoms with Crippen molar-refractivity contribution in [2.75, 3.05) is 11.5 Å². The number of aromatic nitrogens is 3. The van der Waals surface area contributed by atoms with Crippen LogP contribution in [0.5, 0.6) is 0 Å². The third kappa shape index (κ3) is 4.17. The molecule has 4 rings (SSSR count). The molecule has 0 aliphatic heterocycles. The zero-order valence-corrected chi connectivity index (χ0v) is 17.6. The second kappa shape index (κ2) is 8.32. The Labute approximate surface area is 176 Å². The van der Waals surface area contributed by atoms with E-state index in [0.29, 0.717) is 23.6 Å². The fourth-order valence-electron chi connectivity index (χ4n) is 3.05. The van der Waals surface area contributed by atoms with Crippen LogP contribution in [-0.2, 0) is 4.74 Å². The molecule has 3 heterocycles. The van der Waals surface area contributed by atoms with Crippen LogP contribution >= 0.6 is 15.9 Å². The van der Waals surface area contributed by atoms with E-state index in [9.17, 15) is 9.59 Å². The fraction of sp³-hybridized carbons (Fsp3) is 0.333. The van der Waals surface area contributed by atoms with Gasteiger partial charge in [0.05, 0.1) is 28.4 Å². The topological polar surface area (TPSA) is 76.8 Å². The molecule has 0 unspecified atom stereocenters. The number of anilines is 1. The number of hydrogen-bond donors (Lipinski definition) is 0. The van der Waals surface area contributed by atoms with Crippen molar-refractivity contribution >= 4 is 39.1 Å². The first kappa shape index (κ1) is 19.6. The lowest BCUT2D eigenvalue weighted by Gasteiger charge is -2.21. The zero-order chi connectivity index (χ0) is 20.4. The molecule has 1 aliphatic rings. The van der Waals surface area contributed by atoms with Gasteiger partial charge in [-0.05, 0) is 59.5 Å². The first-order valence-corrected chi connectivity index (χ1v) is 10.5. The van der Waals surface area contributed by atoms with E-state index in [1.165, 1.54) is 6.20 Å². The second-order valence-electron chi connectivity index (χ2n) is 7.04. The first-order chi connectivity index (χ1) is 14.1. The molecule has 1 aliphatic carbocycles. The number of nitrogens with zero attached hydrogens (tertiary/aromatic N) is 4. The minimum Gasteiger partial charge on any atom is -0.462 e. The van der Waals surface area contributed by atoms with E-state index >= 15 is 0 Å². The van der Waals surface area contributed by atoms with Crippen LogP contribution in [0.4, 0.5) is 5.82 Å². The van der Waals surface area contributed by atoms with Crippen molar-refractivity contribution < 1.29 is 14.3 Å². The van der Waals surface area contributed by atoms with Crippen LogP contribution in [0, 0.1) is 0 Å². The highest BCUT2D eigenvalue weighted by atomic mass is 79.9. The van der Waals surface area contributed by atoms with Gasteiger partial charge in [-0.2, -0.15) is 5.10 Å². The summed E-state index contributed by atoms with van der Waals surface area (Å²) in [7, 11) is 0. The Balaban J connectivity index is 1.56. The molecule has 1 amide bonds. The number of carbonyl (C=O) groups excluding carboxylic acids is 2. The van der Waals surface area contributed by atoms with Gasteiger partial charge in [0, 0.05) is 24.0 Å². The highest BCUT2D eigenvalue weighted by Crippen LogP contribution is 2.32. The Kier molecular flexibility index (Phi) is 5.62. The monoisotopic (exact) mass is 456 g/mol. The summed E-state index contributed by atoms with van der Waals surface area (Å²) in [6.45, 7) is 2.44. The molecule has 0 spiro atoms. The summed E-state index contributed by atoms with van der Waals surface area (Å²) >= 11 is 3.45. The van der Waals surface area contributed by atoms with Crippen molar-refractivity contribution in [2.24, 2.45) is 0 Å². The Morgan fingerprint density at radius 3 is 2.76 bits per heavy atom. The number of rotatable bonds is 7. The number of ether oxygens (including phenoxy) is 1. The maximum Gasteiger partial charge on any atom is 0.339 e. The van der Waals surface area contributed by atoms with Crippen LogP contribution in [0.15, 0.2) is 47.3 Å². The van der Waals surface area contributed by atoms with Crippen LogP contribution in [0.1, 0.15) is 53.3 Å². The van der Waals surface area contributed by atoms with Crippen LogP contribution in [0.3, 0.4) is 0 Å². The number of unbranched alkanes of at least 4 members (excludes halogenated alkanes) is 1. The van der Waals surface area contributed by atoms with Gasteiger partial charge in [0.1, 0.15) is 5.82 Å². The smallest absolute Gasteiger partial charge is 0.339 e. The van der Waals surface area contributed by atoms with Gasteiger partial charge in [0.2, 0.25) is 0 Å². The number of carbonyl (C=O) groups is 2. The minimum atomic E-state index is -0.391. The molecule has 1 fully saturated rings. The highest BCUT2D eigenvalue weighted by Gasteiger charge is 2.35. The van der Waals surface area contributed by atoms with Crippen LogP contribution in [0.2, 0.25) is 0 Å². The van der Waals surface area contributed by atoms with E-state index in [1.54, 1.807) is 40.0 Å². The van der Waals surface area contributed by atoms with Crippen molar-refractivity contribution in [2.45, 2.75) is 38.6 Å². The average Bonchev–Trinajstić information content (AvgIpc) is 3.51. The molecule has 8 heteroatoms. The summed E-state index contributed by atoms with van der Waals surface area (Å²) in [5.41, 5.74) is 1.78. The molecule has 0 N–H and O–H groups in total. The predicted molar refractivity (Wildman–Crippen MR) is 112 cm³/mol. The lowest BCUT2D eigenvalue weighted by atomic mass is 10.2. The second-order valence-corrected chi connectivity index (χ2v) is 7.89. The van der Waals surface area contributed by atoms with E-state index in [2.05, 4.69) is 26.0 Å². The SMILES string of the molecule is CCCCOC(=O)c1ccc(N(C(=O)c2ccn3ncc(Br)c3c2)C2CC2)nc1. The van der Waals surface area contributed by atoms with Crippen molar-refractivity contribution in [1.29, 1.82) is 0 Å². The first-order valence-electron chi connectivity index (χ1n) is 9.68. The van der Waals surface area contributed by atoms with Crippen LogP contribution in [0.25, 0.3) is 5.52 Å². The van der Waals surface area contributed by atoms with Crippen molar-refractivity contribution in [3.8, 4) is 0 Å². The number of amides is 1. The summed E-state index contributed by atoms with van der Waals surface area (Å²) in [5, 5.41) is 4.21. The van der Waals surface area contributed by atoms with Crippen LogP contribution < -0.4 is 4.90 Å². The van der Waals surface area contributed by atoms with Gasteiger partial charge < -0.3 is 4.74 Å². The largest absolute Gasteiger partial charge is 0.462 e. The van der Waals surface area contributed by atoms with Gasteiger partial charge in [-0.25, -0.2) is 14.3 Å². The summed E-state index contributed by atoms with van der Waals surface area (Å²) in [6.07, 6.45) is 8.61. The highest BCUT2D eigenvalue weighted by molar-refractivity contribution is 9.10. The van der Waals surface area contributed by atoms with E-state index in [0.717, 1.165) is 35.7 Å². The molecule has 29 heavy (non-hydrogen) atoms. The molecule has 0 saturated heterocycles. The lowest BCUT2D eigenvalue weighted by molar-refractivity contribution is 0.0499. The molecule has 150 valence electrons. The number of halogens is 1. The van der Waals surface area contributed by atoms with Gasteiger partial charge in [0.25, 0.3) is 5.91 Å². The van der Waals surface area contributed by atoms with Gasteiger partial charge in [-0.15, -0.1) is 0 Å². The molecule has 0 aromatic carbocycles. The minimum absolute atomic E-state index is 0.117. The molecule has 7 nitrogen and oxygen atoms in total. The molecule has 1 saturated carbocycles. The maximum atomic E-state index is 13.2.